The van der Waals surface area contributed by atoms with E-state index in [0.717, 1.165) is 16.9 Å². The van der Waals surface area contributed by atoms with E-state index in [2.05, 4.69) is 5.40 Å². The molecule has 0 fully saturated rings. The van der Waals surface area contributed by atoms with E-state index in [0.29, 0.717) is 0 Å². The van der Waals surface area contributed by atoms with Gasteiger partial charge in [0.25, 0.3) is 0 Å². The third kappa shape index (κ3) is 4.50. The van der Waals surface area contributed by atoms with Gasteiger partial charge in [-0.15, -0.1) is 0 Å². The summed E-state index contributed by atoms with van der Waals surface area (Å²) >= 11 is 0. The van der Waals surface area contributed by atoms with Gasteiger partial charge in [0.2, 0.25) is 0 Å². The average Bonchev–Trinajstić information content (AvgIpc) is 2.41. The van der Waals surface area contributed by atoms with Crippen LogP contribution in [0.2, 0.25) is 0 Å². The zero-order valence-electron chi connectivity index (χ0n) is 11.6. The van der Waals surface area contributed by atoms with E-state index in [-0.39, 0.29) is 0 Å². The highest BCUT2D eigenvalue weighted by atomic mass is 32.3. The van der Waals surface area contributed by atoms with Crippen LogP contribution in [0.3, 0.4) is 0 Å². The number of thiocyanates is 1. The van der Waals surface area contributed by atoms with Gasteiger partial charge in [-0.05, 0) is 23.6 Å². The molecule has 2 unspecified atom stereocenters. The first-order valence-electron chi connectivity index (χ1n) is 5.98. The van der Waals surface area contributed by atoms with Gasteiger partial charge in [-0.3, -0.25) is 0 Å². The zero-order chi connectivity index (χ0) is 14.5. The van der Waals surface area contributed by atoms with E-state index in [1.54, 1.807) is 0 Å². The van der Waals surface area contributed by atoms with Gasteiger partial charge in [-0.2, -0.15) is 15.3 Å². The van der Waals surface area contributed by atoms with Crippen LogP contribution in [0, 0.1) is 10.7 Å². The largest absolute Gasteiger partial charge is 0.375 e. The molecule has 0 aliphatic carbocycles. The summed E-state index contributed by atoms with van der Waals surface area (Å²) in [5, 5.41) is 11.4. The van der Waals surface area contributed by atoms with Crippen LogP contribution in [0.25, 0.3) is 0 Å². The van der Waals surface area contributed by atoms with Crippen molar-refractivity contribution in [3.63, 3.8) is 0 Å². The Labute approximate surface area is 115 Å². The SMILES string of the molecule is COC(c1ccc(CS(C)(C)C#N)cc1)C(N)CF. The number of nitrogens with two attached hydrogens (primary N) is 1. The molecule has 1 aromatic rings. The summed E-state index contributed by atoms with van der Waals surface area (Å²) in [6.45, 7) is -0.619. The molecule has 0 spiro atoms. The van der Waals surface area contributed by atoms with Crippen LogP contribution in [0.4, 0.5) is 4.39 Å². The number of hydrogen-bond donors (Lipinski definition) is 1. The van der Waals surface area contributed by atoms with Crippen molar-refractivity contribution in [2.75, 3.05) is 26.3 Å². The van der Waals surface area contributed by atoms with Crippen molar-refractivity contribution in [2.45, 2.75) is 17.9 Å². The molecule has 0 amide bonds. The molecule has 106 valence electrons. The van der Waals surface area contributed by atoms with Crippen molar-refractivity contribution in [3.8, 4) is 5.40 Å². The van der Waals surface area contributed by atoms with E-state index in [1.165, 1.54) is 7.11 Å². The Balaban J connectivity index is 2.84. The van der Waals surface area contributed by atoms with Crippen LogP contribution >= 0.6 is 10.0 Å². The van der Waals surface area contributed by atoms with Gasteiger partial charge in [0, 0.05) is 12.9 Å². The predicted molar refractivity (Wildman–Crippen MR) is 78.9 cm³/mol. The lowest BCUT2D eigenvalue weighted by atomic mass is 10.0. The number of benzene rings is 1. The number of hydrogen-bond acceptors (Lipinski definition) is 3. The minimum Gasteiger partial charge on any atom is -0.375 e. The third-order valence-corrected chi connectivity index (χ3v) is 4.45. The topological polar surface area (TPSA) is 59.0 Å². The summed E-state index contributed by atoms with van der Waals surface area (Å²) < 4.78 is 17.9. The Morgan fingerprint density at radius 1 is 1.37 bits per heavy atom. The summed E-state index contributed by atoms with van der Waals surface area (Å²) in [7, 11) is 0.282. The van der Waals surface area contributed by atoms with Gasteiger partial charge >= 0.3 is 0 Å². The normalized spacial score (nSPS) is 15.6. The molecule has 2 atom stereocenters. The van der Waals surface area contributed by atoms with Crippen LogP contribution < -0.4 is 5.73 Å². The third-order valence-electron chi connectivity index (χ3n) is 2.90. The lowest BCUT2D eigenvalue weighted by Crippen LogP contribution is -2.31. The van der Waals surface area contributed by atoms with Crippen molar-refractivity contribution in [3.05, 3.63) is 35.4 Å². The first-order valence-corrected chi connectivity index (χ1v) is 8.60. The van der Waals surface area contributed by atoms with E-state index in [4.69, 9.17) is 15.7 Å². The molecule has 0 saturated carbocycles. The number of ether oxygens (including phenoxy) is 1. The van der Waals surface area contributed by atoms with Crippen molar-refractivity contribution in [1.29, 1.82) is 5.26 Å². The molecule has 0 aliphatic heterocycles. The van der Waals surface area contributed by atoms with E-state index in [9.17, 15) is 4.39 Å². The van der Waals surface area contributed by atoms with Crippen molar-refractivity contribution >= 4 is 10.0 Å². The molecule has 1 rings (SSSR count). The maximum absolute atomic E-state index is 12.6. The maximum Gasteiger partial charge on any atom is 0.113 e. The Morgan fingerprint density at radius 2 is 1.95 bits per heavy atom. The zero-order valence-corrected chi connectivity index (χ0v) is 12.4. The molecule has 0 aliphatic rings. The molecular formula is C14H21FN2OS. The lowest BCUT2D eigenvalue weighted by molar-refractivity contribution is 0.0721. The van der Waals surface area contributed by atoms with Crippen LogP contribution in [-0.4, -0.2) is 32.3 Å². The smallest absolute Gasteiger partial charge is 0.113 e. The number of nitriles is 1. The number of nitrogens with zero attached hydrogens (tertiary/aromatic N) is 1. The fourth-order valence-electron chi connectivity index (χ4n) is 1.89. The molecule has 0 aromatic heterocycles. The van der Waals surface area contributed by atoms with Crippen LogP contribution in [-0.2, 0) is 10.5 Å². The van der Waals surface area contributed by atoms with Gasteiger partial charge in [-0.25, -0.2) is 4.39 Å². The van der Waals surface area contributed by atoms with E-state index < -0.39 is 28.8 Å². The van der Waals surface area contributed by atoms with Crippen molar-refractivity contribution < 1.29 is 9.13 Å². The highest BCUT2D eigenvalue weighted by Gasteiger charge is 2.19. The standard InChI is InChI=1S/C14H21FN2OS/c1-18-14(13(17)8-15)12-6-4-11(5-7-12)9-19(2,3)10-16/h4-7,13-14H,8-9,17H2,1-3H3. The fourth-order valence-corrected chi connectivity index (χ4v) is 2.98. The quantitative estimate of drug-likeness (QED) is 0.817. The number of rotatable bonds is 6. The monoisotopic (exact) mass is 284 g/mol. The average molecular weight is 284 g/mol. The van der Waals surface area contributed by atoms with Gasteiger partial charge in [0.15, 0.2) is 0 Å². The summed E-state index contributed by atoms with van der Waals surface area (Å²) in [6.07, 6.45) is 3.53. The Hall–Kier alpha value is -1.09. The molecular weight excluding hydrogens is 263 g/mol. The molecule has 0 radical (unpaired) electrons. The lowest BCUT2D eigenvalue weighted by Gasteiger charge is -2.23. The minimum absolute atomic E-state index is 0.435. The van der Waals surface area contributed by atoms with Gasteiger partial charge < -0.3 is 10.5 Å². The second-order valence-electron chi connectivity index (χ2n) is 4.99. The molecule has 19 heavy (non-hydrogen) atoms. The van der Waals surface area contributed by atoms with Crippen molar-refractivity contribution in [2.24, 2.45) is 5.73 Å². The minimum atomic E-state index is -1.24. The molecule has 2 N–H and O–H groups in total. The number of halogens is 1. The molecule has 1 aromatic carbocycles. The van der Waals surface area contributed by atoms with Crippen LogP contribution in [0.1, 0.15) is 17.2 Å². The molecule has 0 heterocycles. The molecule has 5 heteroatoms. The van der Waals surface area contributed by atoms with Crippen LogP contribution in [0.15, 0.2) is 24.3 Å². The van der Waals surface area contributed by atoms with E-state index in [1.807, 2.05) is 36.8 Å². The first-order chi connectivity index (χ1) is 8.93. The summed E-state index contributed by atoms with van der Waals surface area (Å²) in [5.74, 6) is 0.761. The summed E-state index contributed by atoms with van der Waals surface area (Å²) in [4.78, 5) is 0. The first kappa shape index (κ1) is 16.0. The Morgan fingerprint density at radius 3 is 2.37 bits per heavy atom. The summed E-state index contributed by atoms with van der Waals surface area (Å²) in [6, 6.07) is 7.05. The molecule has 3 nitrogen and oxygen atoms in total. The predicted octanol–water partition coefficient (Wildman–Crippen LogP) is 2.72. The Kier molecular flexibility index (Phi) is 5.80. The van der Waals surface area contributed by atoms with Gasteiger partial charge in [0.05, 0.1) is 12.1 Å². The number of alkyl halides is 1. The Bertz CT molecular complexity index is 442. The van der Waals surface area contributed by atoms with Gasteiger partial charge in [-0.1, -0.05) is 24.3 Å². The maximum atomic E-state index is 12.6. The second kappa shape index (κ2) is 6.90. The highest BCUT2D eigenvalue weighted by molar-refractivity contribution is 8.35. The van der Waals surface area contributed by atoms with Gasteiger partial charge in [0.1, 0.15) is 12.1 Å². The second-order valence-corrected chi connectivity index (χ2v) is 8.54. The van der Waals surface area contributed by atoms with Crippen LogP contribution in [0.5, 0.6) is 0 Å². The fraction of sp³-hybridized carbons (Fsp3) is 0.500. The number of methoxy groups -OCH3 is 1. The summed E-state index contributed by atoms with van der Waals surface area (Å²) in [5.41, 5.74) is 7.65. The highest BCUT2D eigenvalue weighted by Crippen LogP contribution is 2.41. The van der Waals surface area contributed by atoms with E-state index >= 15 is 0 Å². The molecule has 0 saturated heterocycles. The van der Waals surface area contributed by atoms with Crippen molar-refractivity contribution in [1.82, 2.24) is 0 Å². The molecule has 0 bridgehead atoms.